The average Bonchev–Trinajstić information content (AvgIpc) is 2.59. The molecule has 1 heterocycles. The number of aromatic nitrogens is 1. The van der Waals surface area contributed by atoms with Crippen LogP contribution in [0.4, 0.5) is 13.2 Å². The summed E-state index contributed by atoms with van der Waals surface area (Å²) >= 11 is 0. The molecule has 2 rings (SSSR count). The van der Waals surface area contributed by atoms with E-state index in [2.05, 4.69) is 10.3 Å². The first-order chi connectivity index (χ1) is 12.3. The zero-order chi connectivity index (χ0) is 20.5. The topological polar surface area (TPSA) is 76.1 Å². The van der Waals surface area contributed by atoms with Crippen molar-refractivity contribution in [2.75, 3.05) is 6.54 Å². The van der Waals surface area contributed by atoms with E-state index < -0.39 is 37.9 Å². The quantitative estimate of drug-likeness (QED) is 0.835. The van der Waals surface area contributed by atoms with Crippen LogP contribution in [0.2, 0.25) is 0 Å². The molecule has 0 fully saturated rings. The second-order valence-corrected chi connectivity index (χ2v) is 9.27. The van der Waals surface area contributed by atoms with Gasteiger partial charge in [-0.2, -0.15) is 13.2 Å². The van der Waals surface area contributed by atoms with E-state index in [4.69, 9.17) is 0 Å². The number of nitrogens with zero attached hydrogens (tertiary/aromatic N) is 1. The van der Waals surface area contributed by atoms with Gasteiger partial charge in [-0.3, -0.25) is 9.78 Å². The van der Waals surface area contributed by atoms with Crippen LogP contribution in [0.3, 0.4) is 0 Å². The van der Waals surface area contributed by atoms with Crippen LogP contribution < -0.4 is 5.32 Å². The molecule has 1 amide bonds. The van der Waals surface area contributed by atoms with Gasteiger partial charge in [-0.1, -0.05) is 12.1 Å². The first kappa shape index (κ1) is 20.9. The van der Waals surface area contributed by atoms with Gasteiger partial charge in [0.1, 0.15) is 5.69 Å². The van der Waals surface area contributed by atoms with Gasteiger partial charge in [0.2, 0.25) is 0 Å². The van der Waals surface area contributed by atoms with Gasteiger partial charge in [0.25, 0.3) is 5.91 Å². The Bertz CT molecular complexity index is 954. The number of carbonyl (C=O) groups excluding carboxylic acids is 1. The summed E-state index contributed by atoms with van der Waals surface area (Å²) < 4.78 is 62.5. The number of halogens is 3. The summed E-state index contributed by atoms with van der Waals surface area (Å²) in [6, 6.07) is 7.73. The molecule has 27 heavy (non-hydrogen) atoms. The Kier molecular flexibility index (Phi) is 5.65. The molecular formula is C18H19F3N2O3S. The van der Waals surface area contributed by atoms with E-state index in [0.717, 1.165) is 17.8 Å². The molecule has 0 unspecified atom stereocenters. The van der Waals surface area contributed by atoms with E-state index in [1.165, 1.54) is 26.0 Å². The first-order valence-electron chi connectivity index (χ1n) is 7.97. The zero-order valence-corrected chi connectivity index (χ0v) is 15.8. The van der Waals surface area contributed by atoms with Gasteiger partial charge in [-0.05, 0) is 50.6 Å². The van der Waals surface area contributed by atoms with Crippen molar-refractivity contribution >= 4 is 15.7 Å². The van der Waals surface area contributed by atoms with Crippen LogP contribution in [0, 0.1) is 6.92 Å². The van der Waals surface area contributed by atoms with Crippen molar-refractivity contribution in [3.63, 3.8) is 0 Å². The van der Waals surface area contributed by atoms with Crippen LogP contribution in [0.1, 0.15) is 35.5 Å². The van der Waals surface area contributed by atoms with Crippen LogP contribution in [0.5, 0.6) is 0 Å². The number of hydrogen-bond donors (Lipinski definition) is 1. The monoisotopic (exact) mass is 400 g/mol. The van der Waals surface area contributed by atoms with Gasteiger partial charge in [0, 0.05) is 12.7 Å². The normalized spacial score (nSPS) is 12.7. The standard InChI is InChI=1S/C18H19F3N2O3S/c1-12-5-4-6-14(9-12)27(25,26)17(2,3)11-23-16(24)15-10-13(7-8-22-15)18(19,20)21/h4-10H,11H2,1-3H3,(H,23,24). The lowest BCUT2D eigenvalue weighted by atomic mass is 10.2. The van der Waals surface area contributed by atoms with Crippen molar-refractivity contribution < 1.29 is 26.4 Å². The maximum Gasteiger partial charge on any atom is 0.416 e. The molecule has 0 aliphatic carbocycles. The number of benzene rings is 1. The van der Waals surface area contributed by atoms with Gasteiger partial charge in [-0.15, -0.1) is 0 Å². The summed E-state index contributed by atoms with van der Waals surface area (Å²) in [7, 11) is -3.79. The van der Waals surface area contributed by atoms with Crippen molar-refractivity contribution in [2.24, 2.45) is 0 Å². The second kappa shape index (κ2) is 7.30. The number of alkyl halides is 3. The lowest BCUT2D eigenvalue weighted by Crippen LogP contribution is -2.44. The Morgan fingerprint density at radius 2 is 1.81 bits per heavy atom. The highest BCUT2D eigenvalue weighted by Crippen LogP contribution is 2.29. The molecule has 9 heteroatoms. The molecule has 0 aliphatic heterocycles. The van der Waals surface area contributed by atoms with Gasteiger partial charge in [0.15, 0.2) is 9.84 Å². The third-order valence-electron chi connectivity index (χ3n) is 4.02. The van der Waals surface area contributed by atoms with Crippen molar-refractivity contribution in [1.82, 2.24) is 10.3 Å². The summed E-state index contributed by atoms with van der Waals surface area (Å²) in [6.45, 7) is 4.34. The van der Waals surface area contributed by atoms with E-state index in [9.17, 15) is 26.4 Å². The van der Waals surface area contributed by atoms with Crippen LogP contribution in [0.25, 0.3) is 0 Å². The largest absolute Gasteiger partial charge is 0.416 e. The summed E-state index contributed by atoms with van der Waals surface area (Å²) in [4.78, 5) is 15.9. The Hall–Kier alpha value is -2.42. The fourth-order valence-corrected chi connectivity index (χ4v) is 3.81. The molecule has 146 valence electrons. The summed E-state index contributed by atoms with van der Waals surface area (Å²) in [6.07, 6.45) is -3.72. The van der Waals surface area contributed by atoms with E-state index in [0.29, 0.717) is 6.07 Å². The number of pyridine rings is 1. The summed E-state index contributed by atoms with van der Waals surface area (Å²) in [5.74, 6) is -0.881. The molecule has 1 N–H and O–H groups in total. The number of hydrogen-bond acceptors (Lipinski definition) is 4. The van der Waals surface area contributed by atoms with Crippen LogP contribution in [-0.2, 0) is 16.0 Å². The number of rotatable bonds is 5. The molecule has 0 saturated heterocycles. The fourth-order valence-electron chi connectivity index (χ4n) is 2.31. The van der Waals surface area contributed by atoms with Crippen molar-refractivity contribution in [3.8, 4) is 0 Å². The SMILES string of the molecule is Cc1cccc(S(=O)(=O)C(C)(C)CNC(=O)c2cc(C(F)(F)F)ccn2)c1. The van der Waals surface area contributed by atoms with E-state index in [1.54, 1.807) is 19.1 Å². The lowest BCUT2D eigenvalue weighted by Gasteiger charge is -2.25. The van der Waals surface area contributed by atoms with Crippen molar-refractivity contribution in [3.05, 3.63) is 59.4 Å². The molecule has 1 aromatic heterocycles. The Morgan fingerprint density at radius 1 is 1.15 bits per heavy atom. The van der Waals surface area contributed by atoms with Gasteiger partial charge < -0.3 is 5.32 Å². The number of nitrogens with one attached hydrogen (secondary N) is 1. The molecule has 0 radical (unpaired) electrons. The highest BCUT2D eigenvalue weighted by atomic mass is 32.2. The van der Waals surface area contributed by atoms with Gasteiger partial charge in [-0.25, -0.2) is 8.42 Å². The fraction of sp³-hybridized carbons (Fsp3) is 0.333. The van der Waals surface area contributed by atoms with Crippen molar-refractivity contribution in [1.29, 1.82) is 0 Å². The predicted octanol–water partition coefficient (Wildman–Crippen LogP) is 3.39. The third kappa shape index (κ3) is 4.65. The van der Waals surface area contributed by atoms with Crippen LogP contribution in [-0.4, -0.2) is 30.6 Å². The number of aryl methyl sites for hydroxylation is 1. The first-order valence-corrected chi connectivity index (χ1v) is 9.46. The van der Waals surface area contributed by atoms with Crippen LogP contribution in [0.15, 0.2) is 47.5 Å². The summed E-state index contributed by atoms with van der Waals surface area (Å²) in [5.41, 5.74) is -0.674. The molecular weight excluding hydrogens is 381 g/mol. The molecule has 0 atom stereocenters. The molecule has 5 nitrogen and oxygen atoms in total. The minimum atomic E-state index is -4.61. The molecule has 0 aliphatic rings. The minimum absolute atomic E-state index is 0.110. The Balaban J connectivity index is 2.18. The lowest BCUT2D eigenvalue weighted by molar-refractivity contribution is -0.137. The summed E-state index contributed by atoms with van der Waals surface area (Å²) in [5, 5.41) is 2.36. The minimum Gasteiger partial charge on any atom is -0.349 e. The van der Waals surface area contributed by atoms with Crippen LogP contribution >= 0.6 is 0 Å². The number of amides is 1. The van der Waals surface area contributed by atoms with Gasteiger partial charge >= 0.3 is 6.18 Å². The average molecular weight is 400 g/mol. The van der Waals surface area contributed by atoms with Crippen molar-refractivity contribution in [2.45, 2.75) is 36.6 Å². The predicted molar refractivity (Wildman–Crippen MR) is 94.0 cm³/mol. The molecule has 0 spiro atoms. The second-order valence-electron chi connectivity index (χ2n) is 6.69. The van der Waals surface area contributed by atoms with Gasteiger partial charge in [0.05, 0.1) is 15.2 Å². The zero-order valence-electron chi connectivity index (χ0n) is 15.0. The smallest absolute Gasteiger partial charge is 0.349 e. The van der Waals surface area contributed by atoms with E-state index in [-0.39, 0.29) is 11.4 Å². The number of sulfone groups is 1. The Labute approximate surface area is 155 Å². The maximum absolute atomic E-state index is 12.8. The highest BCUT2D eigenvalue weighted by molar-refractivity contribution is 7.92. The van der Waals surface area contributed by atoms with E-state index >= 15 is 0 Å². The number of carbonyl (C=O) groups is 1. The molecule has 1 aromatic carbocycles. The molecule has 2 aromatic rings. The highest BCUT2D eigenvalue weighted by Gasteiger charge is 2.36. The third-order valence-corrected chi connectivity index (χ3v) is 6.50. The molecule has 0 bridgehead atoms. The maximum atomic E-state index is 12.8. The molecule has 0 saturated carbocycles. The van der Waals surface area contributed by atoms with E-state index in [1.807, 2.05) is 0 Å². The Morgan fingerprint density at radius 3 is 2.41 bits per heavy atom.